The summed E-state index contributed by atoms with van der Waals surface area (Å²) in [5, 5.41) is 2.13. The second-order valence-electron chi connectivity index (χ2n) is 17.9. The Balaban J connectivity index is 0.992. The normalized spacial score (nSPS) is 15.0. The number of aromatic nitrogens is 3. The van der Waals surface area contributed by atoms with Crippen molar-refractivity contribution in [1.82, 2.24) is 15.0 Å². The first kappa shape index (κ1) is 40.4. The van der Waals surface area contributed by atoms with E-state index < -0.39 is 0 Å². The Hall–Kier alpha value is -8.93. The molecule has 0 saturated carbocycles. The van der Waals surface area contributed by atoms with E-state index in [1.807, 2.05) is 36.4 Å². The fraction of sp³-hybridized carbons (Fsp3) is 0.0469. The highest BCUT2D eigenvalue weighted by molar-refractivity contribution is 6.08. The van der Waals surface area contributed by atoms with Crippen molar-refractivity contribution in [1.29, 1.82) is 0 Å². The van der Waals surface area contributed by atoms with Crippen molar-refractivity contribution in [3.8, 4) is 84.2 Å². The summed E-state index contributed by atoms with van der Waals surface area (Å²) in [6.45, 7) is 2.24. The molecule has 1 aliphatic carbocycles. The lowest BCUT2D eigenvalue weighted by molar-refractivity contribution is 0.405. The molecule has 13 rings (SSSR count). The van der Waals surface area contributed by atoms with Crippen LogP contribution in [0, 0.1) is 5.92 Å². The summed E-state index contributed by atoms with van der Waals surface area (Å²) in [6, 6.07) is 76.9. The third-order valence-electron chi connectivity index (χ3n) is 13.6. The monoisotopic (exact) mass is 885 g/mol. The molecule has 2 aliphatic rings. The van der Waals surface area contributed by atoms with Crippen LogP contribution < -0.4 is 4.74 Å². The Labute approximate surface area is 400 Å². The second kappa shape index (κ2) is 16.7. The Morgan fingerprint density at radius 1 is 0.391 bits per heavy atom. The fourth-order valence-corrected chi connectivity index (χ4v) is 10.4. The molecule has 2 unspecified atom stereocenters. The molecule has 0 N–H and O–H groups in total. The number of benzene rings is 9. The van der Waals surface area contributed by atoms with Crippen LogP contribution in [0.25, 0.3) is 106 Å². The zero-order chi connectivity index (χ0) is 45.8. The smallest absolute Gasteiger partial charge is 0.164 e. The molecule has 9 aromatic carbocycles. The van der Waals surface area contributed by atoms with Crippen LogP contribution in [0.4, 0.5) is 0 Å². The predicted molar refractivity (Wildman–Crippen MR) is 280 cm³/mol. The SMILES string of the molecule is CC1C=C(c2nc(-c3ccc(-c4cc(-c5ccccc5)c(-c5ccccc5)c(-c5ccccc5)c4-c4ccccc4)cc3)nc(-c3ccc4c(c3)oc3ccccc34)n2)C=C2Oc3ccccc3C21. The number of ether oxygens (including phenoxy) is 1. The maximum Gasteiger partial charge on any atom is 0.164 e. The van der Waals surface area contributed by atoms with Crippen molar-refractivity contribution in [3.63, 3.8) is 0 Å². The van der Waals surface area contributed by atoms with E-state index in [1.165, 1.54) is 22.3 Å². The van der Waals surface area contributed by atoms with Gasteiger partial charge in [0.15, 0.2) is 17.5 Å². The molecule has 0 fully saturated rings. The minimum atomic E-state index is 0.140. The van der Waals surface area contributed by atoms with Crippen LogP contribution in [0.15, 0.2) is 241 Å². The molecule has 0 radical (unpaired) electrons. The van der Waals surface area contributed by atoms with E-state index >= 15 is 0 Å². The quantitative estimate of drug-likeness (QED) is 0.152. The van der Waals surface area contributed by atoms with E-state index in [1.54, 1.807) is 0 Å². The summed E-state index contributed by atoms with van der Waals surface area (Å²) in [7, 11) is 0. The second-order valence-corrected chi connectivity index (χ2v) is 17.9. The summed E-state index contributed by atoms with van der Waals surface area (Å²) >= 11 is 0. The fourth-order valence-electron chi connectivity index (χ4n) is 10.4. The number of nitrogens with zero attached hydrogens (tertiary/aromatic N) is 3. The Kier molecular flexibility index (Phi) is 9.79. The van der Waals surface area contributed by atoms with Gasteiger partial charge >= 0.3 is 0 Å². The van der Waals surface area contributed by atoms with E-state index in [-0.39, 0.29) is 11.8 Å². The number of fused-ring (bicyclic) bond motifs is 6. The van der Waals surface area contributed by atoms with Gasteiger partial charge in [0.1, 0.15) is 22.7 Å². The van der Waals surface area contributed by atoms with Gasteiger partial charge in [-0.15, -0.1) is 0 Å². The van der Waals surface area contributed by atoms with Crippen LogP contribution in [0.3, 0.4) is 0 Å². The molecule has 5 heteroatoms. The molecule has 11 aromatic rings. The molecule has 0 bridgehead atoms. The van der Waals surface area contributed by atoms with Crippen molar-refractivity contribution >= 4 is 27.5 Å². The molecule has 5 nitrogen and oxygen atoms in total. The van der Waals surface area contributed by atoms with Crippen molar-refractivity contribution in [2.75, 3.05) is 0 Å². The van der Waals surface area contributed by atoms with Gasteiger partial charge in [-0.3, -0.25) is 0 Å². The van der Waals surface area contributed by atoms with Crippen LogP contribution in [0.1, 0.15) is 24.2 Å². The Morgan fingerprint density at radius 3 is 1.55 bits per heavy atom. The molecule has 2 aromatic heterocycles. The van der Waals surface area contributed by atoms with Gasteiger partial charge in [0, 0.05) is 33.0 Å². The van der Waals surface area contributed by atoms with Gasteiger partial charge in [-0.05, 0) is 98.0 Å². The average molecular weight is 886 g/mol. The van der Waals surface area contributed by atoms with Crippen LogP contribution >= 0.6 is 0 Å². The maximum atomic E-state index is 6.48. The molecular formula is C64H43N3O2. The summed E-state index contributed by atoms with van der Waals surface area (Å²) in [5.41, 5.74) is 17.0. The van der Waals surface area contributed by atoms with Gasteiger partial charge < -0.3 is 9.15 Å². The van der Waals surface area contributed by atoms with Gasteiger partial charge in [-0.2, -0.15) is 0 Å². The molecule has 0 amide bonds. The highest BCUT2D eigenvalue weighted by atomic mass is 16.5. The third-order valence-corrected chi connectivity index (χ3v) is 13.6. The Morgan fingerprint density at radius 2 is 0.884 bits per heavy atom. The average Bonchev–Trinajstić information content (AvgIpc) is 4.00. The first-order valence-electron chi connectivity index (χ1n) is 23.5. The van der Waals surface area contributed by atoms with Crippen LogP contribution in [-0.2, 0) is 0 Å². The summed E-state index contributed by atoms with van der Waals surface area (Å²) < 4.78 is 12.8. The number of hydrogen-bond acceptors (Lipinski definition) is 5. The minimum absolute atomic E-state index is 0.140. The van der Waals surface area contributed by atoms with Gasteiger partial charge in [-0.25, -0.2) is 15.0 Å². The van der Waals surface area contributed by atoms with Crippen LogP contribution in [0.5, 0.6) is 5.75 Å². The van der Waals surface area contributed by atoms with E-state index in [2.05, 4.69) is 201 Å². The van der Waals surface area contributed by atoms with E-state index in [9.17, 15) is 0 Å². The summed E-state index contributed by atoms with van der Waals surface area (Å²) in [5.74, 6) is 3.85. The number of hydrogen-bond donors (Lipinski definition) is 0. The van der Waals surface area contributed by atoms with E-state index in [0.717, 1.165) is 89.1 Å². The first-order valence-corrected chi connectivity index (χ1v) is 23.5. The topological polar surface area (TPSA) is 61.0 Å². The molecule has 3 heterocycles. The summed E-state index contributed by atoms with van der Waals surface area (Å²) in [6.07, 6.45) is 4.38. The zero-order valence-electron chi connectivity index (χ0n) is 37.8. The van der Waals surface area contributed by atoms with Gasteiger partial charge in [0.25, 0.3) is 0 Å². The van der Waals surface area contributed by atoms with Crippen molar-refractivity contribution in [3.05, 3.63) is 248 Å². The largest absolute Gasteiger partial charge is 0.461 e. The highest BCUT2D eigenvalue weighted by Gasteiger charge is 2.36. The highest BCUT2D eigenvalue weighted by Crippen LogP contribution is 2.51. The van der Waals surface area contributed by atoms with Gasteiger partial charge in [0.05, 0.1) is 5.92 Å². The van der Waals surface area contributed by atoms with Crippen molar-refractivity contribution in [2.24, 2.45) is 5.92 Å². The molecular weight excluding hydrogens is 843 g/mol. The molecule has 1 aliphatic heterocycles. The lowest BCUT2D eigenvalue weighted by Crippen LogP contribution is -2.14. The van der Waals surface area contributed by atoms with Gasteiger partial charge in [-0.1, -0.05) is 201 Å². The van der Waals surface area contributed by atoms with Crippen LogP contribution in [0.2, 0.25) is 0 Å². The van der Waals surface area contributed by atoms with Crippen molar-refractivity contribution < 1.29 is 9.15 Å². The maximum absolute atomic E-state index is 6.48. The van der Waals surface area contributed by atoms with E-state index in [4.69, 9.17) is 24.1 Å². The summed E-state index contributed by atoms with van der Waals surface area (Å²) in [4.78, 5) is 15.7. The lowest BCUT2D eigenvalue weighted by atomic mass is 9.79. The van der Waals surface area contributed by atoms with E-state index in [0.29, 0.717) is 17.5 Å². The number of allylic oxidation sites excluding steroid dienone is 4. The standard InChI is InChI=1S/C64H43N3O2/c1-40-36-48(38-57-58(40)51-27-15-17-29-55(51)69-57)64-66-62(65-63(67-64)47-34-35-50-49-26-14-16-28-54(49)68-56(50)37-47)46-32-30-42(31-33-46)53-39-52(41-18-6-2-7-19-41)59(43-20-8-3-9-21-43)61(45-24-12-5-13-25-45)60(53)44-22-10-4-11-23-44/h2-40,58H,1H3. The third kappa shape index (κ3) is 7.15. The molecule has 2 atom stereocenters. The number of rotatable bonds is 8. The zero-order valence-corrected chi connectivity index (χ0v) is 37.8. The molecule has 69 heavy (non-hydrogen) atoms. The lowest BCUT2D eigenvalue weighted by Gasteiger charge is -2.24. The molecule has 0 saturated heterocycles. The van der Waals surface area contributed by atoms with Gasteiger partial charge in [0.2, 0.25) is 0 Å². The number of para-hydroxylation sites is 2. The molecule has 326 valence electrons. The number of furan rings is 1. The Bertz CT molecular complexity index is 3800. The predicted octanol–water partition coefficient (Wildman–Crippen LogP) is 16.5. The van der Waals surface area contributed by atoms with Crippen molar-refractivity contribution in [2.45, 2.75) is 12.8 Å². The minimum Gasteiger partial charge on any atom is -0.461 e. The molecule has 0 spiro atoms. The first-order chi connectivity index (χ1) is 34.1. The van der Waals surface area contributed by atoms with Crippen LogP contribution in [-0.4, -0.2) is 15.0 Å².